The molecule has 1 amide bonds. The summed E-state index contributed by atoms with van der Waals surface area (Å²) < 4.78 is 11.6. The Balaban J connectivity index is 1.83. The maximum atomic E-state index is 12.8. The van der Waals surface area contributed by atoms with Gasteiger partial charge in [0.1, 0.15) is 22.4 Å². The summed E-state index contributed by atoms with van der Waals surface area (Å²) in [5.41, 5.74) is 0.895. The molecule has 0 aliphatic heterocycles. The number of carbonyl (C=O) groups excluding carboxylic acids is 2. The number of anilines is 1. The molecule has 3 aromatic rings. The maximum absolute atomic E-state index is 12.8. The number of rotatable bonds is 7. The standard InChI is InChI=1S/C23H19BrN2O4S2/c1-4-29-22(28)19-13(2)14(3)31-21(19)26-20(27)15(12-25)10-16-11-18(24)23(30-16)32-17-8-6-5-7-9-17/h5-11H,4H2,1-3H3,(H,26,27). The van der Waals surface area contributed by atoms with Crippen LogP contribution in [0.15, 0.2) is 60.8 Å². The zero-order valence-corrected chi connectivity index (χ0v) is 20.7. The van der Waals surface area contributed by atoms with Gasteiger partial charge >= 0.3 is 5.97 Å². The van der Waals surface area contributed by atoms with Gasteiger partial charge in [0.25, 0.3) is 5.91 Å². The molecule has 0 spiro atoms. The highest BCUT2D eigenvalue weighted by Crippen LogP contribution is 2.37. The molecule has 164 valence electrons. The molecular weight excluding hydrogens is 512 g/mol. The fraction of sp³-hybridized carbons (Fsp3) is 0.174. The molecule has 9 heteroatoms. The number of nitrogens with zero attached hydrogens (tertiary/aromatic N) is 1. The second-order valence-corrected chi connectivity index (χ2v) is 9.66. The second-order valence-electron chi connectivity index (χ2n) is 6.53. The maximum Gasteiger partial charge on any atom is 0.341 e. The summed E-state index contributed by atoms with van der Waals surface area (Å²) in [7, 11) is 0. The Morgan fingerprint density at radius 3 is 2.69 bits per heavy atom. The Bertz CT molecular complexity index is 1220. The minimum Gasteiger partial charge on any atom is -0.462 e. The first-order valence-corrected chi connectivity index (χ1v) is 12.0. The molecule has 3 rings (SSSR count). The third kappa shape index (κ3) is 5.51. The van der Waals surface area contributed by atoms with Crippen molar-refractivity contribution in [3.05, 3.63) is 68.2 Å². The molecule has 0 atom stereocenters. The Kier molecular flexibility index (Phi) is 7.96. The van der Waals surface area contributed by atoms with Crippen LogP contribution in [0, 0.1) is 25.2 Å². The molecule has 0 aliphatic carbocycles. The molecule has 2 heterocycles. The van der Waals surface area contributed by atoms with Gasteiger partial charge in [-0.25, -0.2) is 4.79 Å². The summed E-state index contributed by atoms with van der Waals surface area (Å²) >= 11 is 6.13. The van der Waals surface area contributed by atoms with E-state index < -0.39 is 11.9 Å². The number of hydrogen-bond donors (Lipinski definition) is 1. The van der Waals surface area contributed by atoms with Crippen LogP contribution in [-0.4, -0.2) is 18.5 Å². The lowest BCUT2D eigenvalue weighted by atomic mass is 10.1. The van der Waals surface area contributed by atoms with E-state index in [0.717, 1.165) is 15.3 Å². The number of amides is 1. The molecule has 1 N–H and O–H groups in total. The van der Waals surface area contributed by atoms with Crippen molar-refractivity contribution in [2.45, 2.75) is 30.8 Å². The van der Waals surface area contributed by atoms with Crippen molar-refractivity contribution in [2.24, 2.45) is 0 Å². The second kappa shape index (κ2) is 10.7. The average Bonchev–Trinajstić information content (AvgIpc) is 3.25. The van der Waals surface area contributed by atoms with Crippen LogP contribution in [0.1, 0.15) is 33.5 Å². The summed E-state index contributed by atoms with van der Waals surface area (Å²) in [6.07, 6.45) is 1.37. The normalized spacial score (nSPS) is 11.2. The zero-order chi connectivity index (χ0) is 23.3. The van der Waals surface area contributed by atoms with E-state index in [1.165, 1.54) is 29.2 Å². The molecule has 0 saturated heterocycles. The predicted molar refractivity (Wildman–Crippen MR) is 129 cm³/mol. The molecule has 1 aromatic carbocycles. The van der Waals surface area contributed by atoms with E-state index in [1.807, 2.05) is 43.3 Å². The third-order valence-corrected chi connectivity index (χ3v) is 7.34. The lowest BCUT2D eigenvalue weighted by molar-refractivity contribution is -0.112. The summed E-state index contributed by atoms with van der Waals surface area (Å²) in [6.45, 7) is 5.58. The Hall–Kier alpha value is -2.80. The number of hydrogen-bond acceptors (Lipinski definition) is 7. The number of nitrogens with one attached hydrogen (secondary N) is 1. The molecule has 2 aromatic heterocycles. The number of carbonyl (C=O) groups is 2. The van der Waals surface area contributed by atoms with Crippen molar-refractivity contribution >= 4 is 62.0 Å². The molecule has 0 radical (unpaired) electrons. The number of benzene rings is 1. The molecule has 6 nitrogen and oxygen atoms in total. The zero-order valence-electron chi connectivity index (χ0n) is 17.5. The number of nitriles is 1. The Morgan fingerprint density at radius 2 is 2.03 bits per heavy atom. The van der Waals surface area contributed by atoms with Gasteiger partial charge in [-0.1, -0.05) is 30.0 Å². The van der Waals surface area contributed by atoms with Gasteiger partial charge in [-0.05, 0) is 60.5 Å². The van der Waals surface area contributed by atoms with Crippen molar-refractivity contribution in [1.29, 1.82) is 5.26 Å². The van der Waals surface area contributed by atoms with Gasteiger partial charge in [-0.15, -0.1) is 11.3 Å². The molecule has 0 saturated carbocycles. The van der Waals surface area contributed by atoms with Crippen LogP contribution in [0.2, 0.25) is 0 Å². The van der Waals surface area contributed by atoms with Crippen molar-refractivity contribution in [2.75, 3.05) is 11.9 Å². The van der Waals surface area contributed by atoms with Crippen LogP contribution >= 0.6 is 39.0 Å². The monoisotopic (exact) mass is 530 g/mol. The first-order valence-electron chi connectivity index (χ1n) is 9.56. The van der Waals surface area contributed by atoms with Gasteiger partial charge in [0.2, 0.25) is 0 Å². The van der Waals surface area contributed by atoms with Crippen LogP contribution in [0.3, 0.4) is 0 Å². The van der Waals surface area contributed by atoms with E-state index in [1.54, 1.807) is 19.9 Å². The van der Waals surface area contributed by atoms with Crippen LogP contribution in [-0.2, 0) is 9.53 Å². The van der Waals surface area contributed by atoms with Gasteiger partial charge in [-0.2, -0.15) is 5.26 Å². The van der Waals surface area contributed by atoms with Crippen molar-refractivity contribution in [3.63, 3.8) is 0 Å². The minimum atomic E-state index is -0.635. The van der Waals surface area contributed by atoms with E-state index in [-0.39, 0.29) is 12.2 Å². The first kappa shape index (κ1) is 23.9. The predicted octanol–water partition coefficient (Wildman–Crippen LogP) is 6.59. The highest BCUT2D eigenvalue weighted by atomic mass is 79.9. The molecule has 0 bridgehead atoms. The van der Waals surface area contributed by atoms with Crippen LogP contribution in [0.4, 0.5) is 5.00 Å². The van der Waals surface area contributed by atoms with E-state index in [2.05, 4.69) is 21.2 Å². The lowest BCUT2D eigenvalue weighted by Crippen LogP contribution is -2.16. The number of ether oxygens (including phenoxy) is 1. The minimum absolute atomic E-state index is 0.152. The summed E-state index contributed by atoms with van der Waals surface area (Å²) in [5.74, 6) is -0.792. The largest absolute Gasteiger partial charge is 0.462 e. The summed E-state index contributed by atoms with van der Waals surface area (Å²) in [6, 6.07) is 13.3. The molecular formula is C23H19BrN2O4S2. The van der Waals surface area contributed by atoms with Gasteiger partial charge in [0.05, 0.1) is 16.6 Å². The van der Waals surface area contributed by atoms with Crippen LogP contribution in [0.5, 0.6) is 0 Å². The average molecular weight is 531 g/mol. The van der Waals surface area contributed by atoms with E-state index in [0.29, 0.717) is 25.9 Å². The van der Waals surface area contributed by atoms with Crippen LogP contribution < -0.4 is 5.32 Å². The topological polar surface area (TPSA) is 92.3 Å². The summed E-state index contributed by atoms with van der Waals surface area (Å²) in [4.78, 5) is 27.0. The smallest absolute Gasteiger partial charge is 0.341 e. The third-order valence-electron chi connectivity index (χ3n) is 4.37. The number of thiophene rings is 1. The summed E-state index contributed by atoms with van der Waals surface area (Å²) in [5, 5.41) is 13.2. The van der Waals surface area contributed by atoms with E-state index >= 15 is 0 Å². The Morgan fingerprint density at radius 1 is 1.31 bits per heavy atom. The highest BCUT2D eigenvalue weighted by molar-refractivity contribution is 9.10. The van der Waals surface area contributed by atoms with E-state index in [9.17, 15) is 14.9 Å². The highest BCUT2D eigenvalue weighted by Gasteiger charge is 2.23. The van der Waals surface area contributed by atoms with Crippen molar-refractivity contribution < 1.29 is 18.7 Å². The van der Waals surface area contributed by atoms with Gasteiger partial charge < -0.3 is 14.5 Å². The number of furan rings is 1. The molecule has 0 aliphatic rings. The fourth-order valence-corrected chi connectivity index (χ4v) is 5.13. The van der Waals surface area contributed by atoms with Crippen LogP contribution in [0.25, 0.3) is 6.08 Å². The number of esters is 1. The lowest BCUT2D eigenvalue weighted by Gasteiger charge is -2.06. The SMILES string of the molecule is CCOC(=O)c1c(NC(=O)C(C#N)=Cc2cc(Br)c(Sc3ccccc3)o2)sc(C)c1C. The first-order chi connectivity index (χ1) is 15.3. The number of halogens is 1. The molecule has 32 heavy (non-hydrogen) atoms. The van der Waals surface area contributed by atoms with Crippen molar-refractivity contribution in [3.8, 4) is 6.07 Å². The van der Waals surface area contributed by atoms with Gasteiger partial charge in [-0.3, -0.25) is 4.79 Å². The molecule has 0 unspecified atom stereocenters. The molecule has 0 fully saturated rings. The quantitative estimate of drug-likeness (QED) is 0.210. The van der Waals surface area contributed by atoms with Crippen molar-refractivity contribution in [1.82, 2.24) is 0 Å². The fourth-order valence-electron chi connectivity index (χ4n) is 2.73. The van der Waals surface area contributed by atoms with Gasteiger partial charge in [0, 0.05) is 15.8 Å². The van der Waals surface area contributed by atoms with E-state index in [4.69, 9.17) is 9.15 Å². The number of aryl methyl sites for hydroxylation is 1. The Labute approximate surface area is 202 Å². The van der Waals surface area contributed by atoms with Gasteiger partial charge in [0.15, 0.2) is 5.09 Å².